The zero-order valence-corrected chi connectivity index (χ0v) is 11.7. The number of aliphatic carboxylic acids is 1. The van der Waals surface area contributed by atoms with E-state index in [2.05, 4.69) is 10.3 Å². The Morgan fingerprint density at radius 1 is 1.35 bits per heavy atom. The normalized spacial score (nSPS) is 18.7. The molecule has 1 unspecified atom stereocenters. The summed E-state index contributed by atoms with van der Waals surface area (Å²) in [5.41, 5.74) is 2.22. The first kappa shape index (κ1) is 14.3. The van der Waals surface area contributed by atoms with Crippen molar-refractivity contribution in [3.63, 3.8) is 0 Å². The Kier molecular flexibility index (Phi) is 4.22. The van der Waals surface area contributed by atoms with Crippen molar-refractivity contribution in [2.45, 2.75) is 39.2 Å². The summed E-state index contributed by atoms with van der Waals surface area (Å²) >= 11 is 0. The smallest absolute Gasteiger partial charge is 0.326 e. The van der Waals surface area contributed by atoms with Gasteiger partial charge in [0.05, 0.1) is 11.4 Å². The molecule has 1 fully saturated rings. The van der Waals surface area contributed by atoms with Crippen molar-refractivity contribution in [3.05, 3.63) is 23.5 Å². The summed E-state index contributed by atoms with van der Waals surface area (Å²) in [4.78, 5) is 29.1. The van der Waals surface area contributed by atoms with Gasteiger partial charge in [-0.2, -0.15) is 0 Å². The molecule has 1 aliphatic heterocycles. The number of piperidine rings is 1. The largest absolute Gasteiger partial charge is 0.480 e. The van der Waals surface area contributed by atoms with E-state index in [1.165, 1.54) is 4.90 Å². The van der Waals surface area contributed by atoms with E-state index >= 15 is 0 Å². The molecule has 1 atom stereocenters. The van der Waals surface area contributed by atoms with E-state index in [1.807, 2.05) is 19.9 Å². The van der Waals surface area contributed by atoms with Crippen LogP contribution in [0.25, 0.3) is 0 Å². The highest BCUT2D eigenvalue weighted by molar-refractivity contribution is 5.92. The molecule has 20 heavy (non-hydrogen) atoms. The molecule has 0 saturated carbocycles. The van der Waals surface area contributed by atoms with Crippen LogP contribution >= 0.6 is 0 Å². The van der Waals surface area contributed by atoms with E-state index in [1.54, 1.807) is 6.07 Å². The second-order valence-corrected chi connectivity index (χ2v) is 5.06. The Morgan fingerprint density at radius 2 is 2.10 bits per heavy atom. The second-order valence-electron chi connectivity index (χ2n) is 5.06. The highest BCUT2D eigenvalue weighted by atomic mass is 16.4. The first-order chi connectivity index (χ1) is 9.49. The van der Waals surface area contributed by atoms with E-state index in [9.17, 15) is 14.7 Å². The Bertz CT molecular complexity index is 530. The van der Waals surface area contributed by atoms with Crippen LogP contribution in [0.2, 0.25) is 0 Å². The molecular formula is C14H19N3O3. The molecular weight excluding hydrogens is 258 g/mol. The molecule has 1 aromatic heterocycles. The molecule has 2 heterocycles. The van der Waals surface area contributed by atoms with Gasteiger partial charge in [0.25, 0.3) is 0 Å². The van der Waals surface area contributed by atoms with Gasteiger partial charge in [0, 0.05) is 12.2 Å². The first-order valence-electron chi connectivity index (χ1n) is 6.73. The number of hydrogen-bond donors (Lipinski definition) is 2. The van der Waals surface area contributed by atoms with Gasteiger partial charge in [-0.3, -0.25) is 4.98 Å². The minimum Gasteiger partial charge on any atom is -0.480 e. The molecule has 0 aliphatic carbocycles. The number of anilines is 1. The highest BCUT2D eigenvalue weighted by Crippen LogP contribution is 2.20. The summed E-state index contributed by atoms with van der Waals surface area (Å²) in [6.07, 6.45) is 2.18. The number of aromatic nitrogens is 1. The van der Waals surface area contributed by atoms with Gasteiger partial charge in [-0.15, -0.1) is 0 Å². The number of hydrogen-bond acceptors (Lipinski definition) is 3. The summed E-state index contributed by atoms with van der Waals surface area (Å²) in [7, 11) is 0. The standard InChI is InChI=1S/C14H19N3O3/c1-9-6-7-11(10(2)15-9)16-14(20)17-8-4-3-5-12(17)13(18)19/h6-7,12H,3-5,8H2,1-2H3,(H,16,20)(H,18,19). The van der Waals surface area contributed by atoms with Crippen LogP contribution in [0.3, 0.4) is 0 Å². The lowest BCUT2D eigenvalue weighted by atomic mass is 10.0. The molecule has 6 heteroatoms. The van der Waals surface area contributed by atoms with E-state index in [4.69, 9.17) is 0 Å². The van der Waals surface area contributed by atoms with E-state index < -0.39 is 12.0 Å². The molecule has 0 spiro atoms. The summed E-state index contributed by atoms with van der Waals surface area (Å²) in [5, 5.41) is 11.9. The Morgan fingerprint density at radius 3 is 2.75 bits per heavy atom. The maximum atomic E-state index is 12.2. The summed E-state index contributed by atoms with van der Waals surface area (Å²) < 4.78 is 0. The van der Waals surface area contributed by atoms with Gasteiger partial charge in [-0.05, 0) is 45.2 Å². The fourth-order valence-corrected chi connectivity index (χ4v) is 2.44. The van der Waals surface area contributed by atoms with Crippen LogP contribution in [0.5, 0.6) is 0 Å². The number of nitrogens with one attached hydrogen (secondary N) is 1. The van der Waals surface area contributed by atoms with Crippen molar-refractivity contribution < 1.29 is 14.7 Å². The third kappa shape index (κ3) is 3.07. The van der Waals surface area contributed by atoms with Gasteiger partial charge in [0.15, 0.2) is 0 Å². The van der Waals surface area contributed by atoms with Gasteiger partial charge in [-0.1, -0.05) is 0 Å². The van der Waals surface area contributed by atoms with Gasteiger partial charge in [0.2, 0.25) is 0 Å². The number of nitrogens with zero attached hydrogens (tertiary/aromatic N) is 2. The molecule has 108 valence electrons. The number of urea groups is 1. The number of amides is 2. The number of carboxylic acids is 1. The number of carbonyl (C=O) groups is 2. The number of likely N-dealkylation sites (tertiary alicyclic amines) is 1. The third-order valence-corrected chi connectivity index (χ3v) is 3.52. The summed E-state index contributed by atoms with van der Waals surface area (Å²) in [6.45, 7) is 4.17. The number of carbonyl (C=O) groups excluding carboxylic acids is 1. The van der Waals surface area contributed by atoms with Crippen LogP contribution in [0.15, 0.2) is 12.1 Å². The average molecular weight is 277 g/mol. The minimum atomic E-state index is -0.946. The topological polar surface area (TPSA) is 82.5 Å². The van der Waals surface area contributed by atoms with Gasteiger partial charge < -0.3 is 15.3 Å². The lowest BCUT2D eigenvalue weighted by Crippen LogP contribution is -2.49. The first-order valence-corrected chi connectivity index (χ1v) is 6.73. The van der Waals surface area contributed by atoms with E-state index in [-0.39, 0.29) is 6.03 Å². The number of aryl methyl sites for hydroxylation is 2. The Labute approximate surface area is 117 Å². The summed E-state index contributed by atoms with van der Waals surface area (Å²) in [6, 6.07) is 2.50. The predicted molar refractivity (Wildman–Crippen MR) is 74.7 cm³/mol. The van der Waals surface area contributed by atoms with Gasteiger partial charge >= 0.3 is 12.0 Å². The fourth-order valence-electron chi connectivity index (χ4n) is 2.44. The minimum absolute atomic E-state index is 0.370. The molecule has 6 nitrogen and oxygen atoms in total. The summed E-state index contributed by atoms with van der Waals surface area (Å²) in [5.74, 6) is -0.946. The quantitative estimate of drug-likeness (QED) is 0.868. The maximum Gasteiger partial charge on any atom is 0.326 e. The molecule has 0 bridgehead atoms. The van der Waals surface area contributed by atoms with Gasteiger partial charge in [-0.25, -0.2) is 9.59 Å². The Balaban J connectivity index is 2.12. The highest BCUT2D eigenvalue weighted by Gasteiger charge is 2.32. The van der Waals surface area contributed by atoms with E-state index in [0.717, 1.165) is 24.2 Å². The molecule has 0 radical (unpaired) electrons. The Hall–Kier alpha value is -2.11. The van der Waals surface area contributed by atoms with Crippen LogP contribution in [0.4, 0.5) is 10.5 Å². The van der Waals surface area contributed by atoms with Crippen LogP contribution < -0.4 is 5.32 Å². The molecule has 1 aliphatic rings. The van der Waals surface area contributed by atoms with Crippen molar-refractivity contribution in [1.82, 2.24) is 9.88 Å². The van der Waals surface area contributed by atoms with Crippen LogP contribution in [-0.4, -0.2) is 39.6 Å². The lowest BCUT2D eigenvalue weighted by molar-refractivity contribution is -0.143. The molecule has 2 rings (SSSR count). The molecule has 1 saturated heterocycles. The van der Waals surface area contributed by atoms with Gasteiger partial charge in [0.1, 0.15) is 6.04 Å². The average Bonchev–Trinajstić information content (AvgIpc) is 2.41. The number of rotatable bonds is 2. The zero-order chi connectivity index (χ0) is 14.7. The molecule has 2 N–H and O–H groups in total. The predicted octanol–water partition coefficient (Wildman–Crippen LogP) is 2.17. The van der Waals surface area contributed by atoms with Crippen LogP contribution in [-0.2, 0) is 4.79 Å². The van der Waals surface area contributed by atoms with Crippen molar-refractivity contribution in [2.24, 2.45) is 0 Å². The van der Waals surface area contributed by atoms with Crippen molar-refractivity contribution in [2.75, 3.05) is 11.9 Å². The zero-order valence-electron chi connectivity index (χ0n) is 11.7. The maximum absolute atomic E-state index is 12.2. The van der Waals surface area contributed by atoms with Crippen LogP contribution in [0, 0.1) is 13.8 Å². The SMILES string of the molecule is Cc1ccc(NC(=O)N2CCCCC2C(=O)O)c(C)n1. The van der Waals surface area contributed by atoms with Crippen molar-refractivity contribution in [1.29, 1.82) is 0 Å². The van der Waals surface area contributed by atoms with Crippen molar-refractivity contribution >= 4 is 17.7 Å². The number of carboxylic acid groups (broad SMARTS) is 1. The lowest BCUT2D eigenvalue weighted by Gasteiger charge is -2.33. The third-order valence-electron chi connectivity index (χ3n) is 3.52. The van der Waals surface area contributed by atoms with E-state index in [0.29, 0.717) is 18.7 Å². The molecule has 1 aromatic rings. The van der Waals surface area contributed by atoms with Crippen molar-refractivity contribution in [3.8, 4) is 0 Å². The molecule has 0 aromatic carbocycles. The molecule has 2 amide bonds. The monoisotopic (exact) mass is 277 g/mol. The second kappa shape index (κ2) is 5.90. The number of pyridine rings is 1. The van der Waals surface area contributed by atoms with Crippen LogP contribution in [0.1, 0.15) is 30.7 Å². The fraction of sp³-hybridized carbons (Fsp3) is 0.500.